The normalized spacial score (nSPS) is 14.6. The third-order valence-corrected chi connectivity index (χ3v) is 6.54. The second-order valence-electron chi connectivity index (χ2n) is 8.64. The molecule has 1 aromatic heterocycles. The second-order valence-corrected chi connectivity index (χ2v) is 8.64. The number of amides is 1. The number of benzene rings is 2. The van der Waals surface area contributed by atoms with Crippen molar-refractivity contribution in [3.05, 3.63) is 87.9 Å². The third-order valence-electron chi connectivity index (χ3n) is 6.54. The maximum Gasteiger partial charge on any atom is 0.340 e. The highest BCUT2D eigenvalue weighted by molar-refractivity contribution is 6.24. The van der Waals surface area contributed by atoms with Crippen molar-refractivity contribution in [2.75, 3.05) is 26.2 Å². The van der Waals surface area contributed by atoms with Gasteiger partial charge in [-0.3, -0.25) is 9.69 Å². The molecule has 0 aliphatic carbocycles. The number of methoxy groups -OCH3 is 3. The van der Waals surface area contributed by atoms with Crippen LogP contribution in [0.2, 0.25) is 0 Å². The van der Waals surface area contributed by atoms with Crippen molar-refractivity contribution >= 4 is 23.6 Å². The van der Waals surface area contributed by atoms with Crippen LogP contribution in [0.4, 0.5) is 5.69 Å². The van der Waals surface area contributed by atoms with Crippen LogP contribution in [0, 0.1) is 20.8 Å². The smallest absolute Gasteiger partial charge is 0.340 e. The van der Waals surface area contributed by atoms with Crippen LogP contribution < -0.4 is 14.4 Å². The van der Waals surface area contributed by atoms with Gasteiger partial charge in [0.25, 0.3) is 5.91 Å². The van der Waals surface area contributed by atoms with Crippen LogP contribution in [-0.2, 0) is 14.3 Å². The first-order valence-electron chi connectivity index (χ1n) is 11.6. The van der Waals surface area contributed by atoms with Crippen molar-refractivity contribution in [2.45, 2.75) is 27.7 Å². The first-order chi connectivity index (χ1) is 17.2. The Bertz CT molecular complexity index is 1430. The van der Waals surface area contributed by atoms with E-state index in [0.29, 0.717) is 22.9 Å². The summed E-state index contributed by atoms with van der Waals surface area (Å²) in [6.07, 6.45) is 1.77. The lowest BCUT2D eigenvalue weighted by Crippen LogP contribution is -2.24. The first kappa shape index (κ1) is 24.9. The summed E-state index contributed by atoms with van der Waals surface area (Å²) in [6.45, 7) is 7.83. The largest absolute Gasteiger partial charge is 0.493 e. The Labute approximate surface area is 211 Å². The van der Waals surface area contributed by atoms with Crippen LogP contribution >= 0.6 is 0 Å². The lowest BCUT2D eigenvalue weighted by atomic mass is 10.0. The van der Waals surface area contributed by atoms with Crippen LogP contribution in [0.5, 0.6) is 11.5 Å². The highest BCUT2D eigenvalue weighted by atomic mass is 16.5. The van der Waals surface area contributed by atoms with Crippen molar-refractivity contribution in [1.82, 2.24) is 4.57 Å². The van der Waals surface area contributed by atoms with E-state index in [9.17, 15) is 9.59 Å². The molecule has 2 heterocycles. The molecule has 4 rings (SSSR count). The maximum absolute atomic E-state index is 13.8. The van der Waals surface area contributed by atoms with E-state index in [4.69, 9.17) is 14.2 Å². The van der Waals surface area contributed by atoms with Crippen molar-refractivity contribution < 1.29 is 23.8 Å². The van der Waals surface area contributed by atoms with Crippen molar-refractivity contribution in [3.8, 4) is 17.2 Å². The molecule has 1 amide bonds. The Morgan fingerprint density at radius 1 is 0.889 bits per heavy atom. The summed E-state index contributed by atoms with van der Waals surface area (Å²) in [5, 5.41) is 0. The number of carbonyl (C=O) groups is 2. The summed E-state index contributed by atoms with van der Waals surface area (Å²) < 4.78 is 18.0. The predicted octanol–water partition coefficient (Wildman–Crippen LogP) is 5.30. The Hall–Kier alpha value is -4.26. The van der Waals surface area contributed by atoms with Crippen LogP contribution in [0.15, 0.2) is 65.4 Å². The topological polar surface area (TPSA) is 70.0 Å². The minimum atomic E-state index is -0.567. The van der Waals surface area contributed by atoms with Gasteiger partial charge in [0.15, 0.2) is 11.5 Å². The standard InChI is InChI=1S/C29H30N2O5/c1-17-10-8-9-11-24(17)30-18(2)14-21(19(30)3)15-23-27(29(33)36-7)20(4)31(28(23)32)22-12-13-25(34-5)26(16-22)35-6/h8-16H,1-7H3/b23-15-. The number of hydrogen-bond donors (Lipinski definition) is 0. The van der Waals surface area contributed by atoms with E-state index >= 15 is 0 Å². The number of para-hydroxylation sites is 1. The molecule has 2 aromatic carbocycles. The molecule has 1 aliphatic rings. The number of carbonyl (C=O) groups excluding carboxylic acids is 2. The molecule has 0 saturated heterocycles. The highest BCUT2D eigenvalue weighted by Gasteiger charge is 2.38. The molecule has 0 radical (unpaired) electrons. The third kappa shape index (κ3) is 4.06. The van der Waals surface area contributed by atoms with Gasteiger partial charge in [-0.25, -0.2) is 4.79 Å². The van der Waals surface area contributed by atoms with Gasteiger partial charge in [0.1, 0.15) is 0 Å². The lowest BCUT2D eigenvalue weighted by molar-refractivity contribution is -0.136. The number of anilines is 1. The van der Waals surface area contributed by atoms with Gasteiger partial charge in [0.05, 0.1) is 38.2 Å². The number of esters is 1. The van der Waals surface area contributed by atoms with E-state index in [1.165, 1.54) is 19.1 Å². The summed E-state index contributed by atoms with van der Waals surface area (Å²) in [6, 6.07) is 15.3. The average molecular weight is 487 g/mol. The maximum atomic E-state index is 13.8. The van der Waals surface area contributed by atoms with Gasteiger partial charge < -0.3 is 18.8 Å². The van der Waals surface area contributed by atoms with E-state index in [-0.39, 0.29) is 17.1 Å². The zero-order valence-corrected chi connectivity index (χ0v) is 21.6. The Kier molecular flexibility index (Phi) is 6.75. The molecule has 0 atom stereocenters. The van der Waals surface area contributed by atoms with Crippen LogP contribution in [0.1, 0.15) is 29.4 Å². The van der Waals surface area contributed by atoms with Crippen molar-refractivity contribution in [3.63, 3.8) is 0 Å². The van der Waals surface area contributed by atoms with Gasteiger partial charge >= 0.3 is 5.97 Å². The minimum Gasteiger partial charge on any atom is -0.493 e. The van der Waals surface area contributed by atoms with Crippen molar-refractivity contribution in [1.29, 1.82) is 0 Å². The number of aryl methyl sites for hydroxylation is 2. The summed E-state index contributed by atoms with van der Waals surface area (Å²) >= 11 is 0. The van der Waals surface area contributed by atoms with E-state index in [1.807, 2.05) is 32.0 Å². The zero-order valence-electron chi connectivity index (χ0n) is 21.6. The van der Waals surface area contributed by atoms with Gasteiger partial charge in [-0.15, -0.1) is 0 Å². The number of nitrogens with zero attached hydrogens (tertiary/aromatic N) is 2. The van der Waals surface area contributed by atoms with Gasteiger partial charge in [0.2, 0.25) is 0 Å². The number of ether oxygens (including phenoxy) is 3. The molecule has 0 bridgehead atoms. The van der Waals surface area contributed by atoms with Gasteiger partial charge in [-0.2, -0.15) is 0 Å². The molecular formula is C29H30N2O5. The molecule has 0 unspecified atom stereocenters. The van der Waals surface area contributed by atoms with E-state index in [0.717, 1.165) is 28.2 Å². The second kappa shape index (κ2) is 9.77. The summed E-state index contributed by atoms with van der Waals surface area (Å²) in [7, 11) is 4.40. The fourth-order valence-electron chi connectivity index (χ4n) is 4.73. The fourth-order valence-corrected chi connectivity index (χ4v) is 4.73. The Morgan fingerprint density at radius 2 is 1.58 bits per heavy atom. The SMILES string of the molecule is COC(=O)C1=C(C)N(c2ccc(OC)c(OC)c2)C(=O)/C1=C\c1cc(C)n(-c2ccccc2C)c1C. The lowest BCUT2D eigenvalue weighted by Gasteiger charge is -2.19. The van der Waals surface area contributed by atoms with E-state index in [1.54, 1.807) is 38.3 Å². The molecule has 0 N–H and O–H groups in total. The molecule has 0 spiro atoms. The molecule has 36 heavy (non-hydrogen) atoms. The monoisotopic (exact) mass is 486 g/mol. The summed E-state index contributed by atoms with van der Waals surface area (Å²) in [5.41, 5.74) is 6.61. The van der Waals surface area contributed by atoms with E-state index < -0.39 is 5.97 Å². The molecule has 186 valence electrons. The van der Waals surface area contributed by atoms with Crippen LogP contribution in [-0.4, -0.2) is 37.8 Å². The highest BCUT2D eigenvalue weighted by Crippen LogP contribution is 2.39. The molecule has 3 aromatic rings. The van der Waals surface area contributed by atoms with Crippen LogP contribution in [0.3, 0.4) is 0 Å². The fraction of sp³-hybridized carbons (Fsp3) is 0.241. The predicted molar refractivity (Wildman–Crippen MR) is 140 cm³/mol. The molecule has 1 aliphatic heterocycles. The summed E-state index contributed by atoms with van der Waals surface area (Å²) in [4.78, 5) is 28.1. The zero-order chi connectivity index (χ0) is 26.1. The van der Waals surface area contributed by atoms with Gasteiger partial charge in [0, 0.05) is 28.8 Å². The van der Waals surface area contributed by atoms with Gasteiger partial charge in [-0.1, -0.05) is 18.2 Å². The number of allylic oxidation sites excluding steroid dienone is 1. The molecule has 0 fully saturated rings. The van der Waals surface area contributed by atoms with Crippen molar-refractivity contribution in [2.24, 2.45) is 0 Å². The van der Waals surface area contributed by atoms with E-state index in [2.05, 4.69) is 23.6 Å². The first-order valence-corrected chi connectivity index (χ1v) is 11.6. The molecular weight excluding hydrogens is 456 g/mol. The van der Waals surface area contributed by atoms with Gasteiger partial charge in [-0.05, 0) is 69.2 Å². The molecule has 0 saturated carbocycles. The Morgan fingerprint density at radius 3 is 2.22 bits per heavy atom. The summed E-state index contributed by atoms with van der Waals surface area (Å²) in [5.74, 6) is 0.139. The average Bonchev–Trinajstić information content (AvgIpc) is 3.29. The van der Waals surface area contributed by atoms with Crippen LogP contribution in [0.25, 0.3) is 11.8 Å². The molecule has 7 nitrogen and oxygen atoms in total. The number of aromatic nitrogens is 1. The Balaban J connectivity index is 1.86. The number of rotatable bonds is 6. The number of hydrogen-bond acceptors (Lipinski definition) is 5. The minimum absolute atomic E-state index is 0.234. The molecule has 7 heteroatoms. The quantitative estimate of drug-likeness (QED) is 0.349.